The van der Waals surface area contributed by atoms with Gasteiger partial charge in [-0.05, 0) is 45.1 Å². The summed E-state index contributed by atoms with van der Waals surface area (Å²) in [7, 11) is 0. The highest BCUT2D eigenvalue weighted by molar-refractivity contribution is 5.82. The van der Waals surface area contributed by atoms with E-state index in [0.29, 0.717) is 19.2 Å². The van der Waals surface area contributed by atoms with Crippen LogP contribution in [0.5, 0.6) is 0 Å². The lowest BCUT2D eigenvalue weighted by molar-refractivity contribution is -0.175. The van der Waals surface area contributed by atoms with Crippen LogP contribution in [0.4, 0.5) is 0 Å². The largest absolute Gasteiger partial charge is 0.381 e. The summed E-state index contributed by atoms with van der Waals surface area (Å²) in [4.78, 5) is 15.2. The topological polar surface area (TPSA) is 60.0 Å². The van der Waals surface area contributed by atoms with Gasteiger partial charge in [0.25, 0.3) is 0 Å². The summed E-state index contributed by atoms with van der Waals surface area (Å²) in [6.07, 6.45) is 11.1. The van der Waals surface area contributed by atoms with E-state index >= 15 is 0 Å². The van der Waals surface area contributed by atoms with Gasteiger partial charge in [-0.1, -0.05) is 12.8 Å². The van der Waals surface area contributed by atoms with Crippen molar-refractivity contribution in [3.05, 3.63) is 0 Å². The van der Waals surface area contributed by atoms with E-state index in [9.17, 15) is 4.79 Å². The van der Waals surface area contributed by atoms with Crippen LogP contribution in [0.25, 0.3) is 0 Å². The zero-order chi connectivity index (χ0) is 17.8. The fraction of sp³-hybridized carbons (Fsp3) is 0.950. The molecule has 6 heteroatoms. The molecule has 0 aromatic rings. The predicted molar refractivity (Wildman–Crippen MR) is 97.8 cm³/mol. The number of ether oxygens (including phenoxy) is 3. The zero-order valence-corrected chi connectivity index (χ0v) is 15.9. The van der Waals surface area contributed by atoms with E-state index in [-0.39, 0.29) is 23.8 Å². The summed E-state index contributed by atoms with van der Waals surface area (Å²) in [6.45, 7) is 3.86. The lowest BCUT2D eigenvalue weighted by Crippen LogP contribution is -2.50. The second-order valence-electron chi connectivity index (χ2n) is 8.36. The fourth-order valence-electron chi connectivity index (χ4n) is 5.10. The SMILES string of the molecule is O=C(NC[C@H]1COC2(CCCCCC2)O1)[C@H]1CCCN1C1CCOCC1. The molecule has 6 nitrogen and oxygen atoms in total. The maximum absolute atomic E-state index is 12.8. The summed E-state index contributed by atoms with van der Waals surface area (Å²) in [5, 5.41) is 3.16. The smallest absolute Gasteiger partial charge is 0.237 e. The van der Waals surface area contributed by atoms with Gasteiger partial charge in [0.2, 0.25) is 5.91 Å². The molecule has 1 N–H and O–H groups in total. The maximum atomic E-state index is 12.8. The molecule has 26 heavy (non-hydrogen) atoms. The van der Waals surface area contributed by atoms with Gasteiger partial charge in [-0.25, -0.2) is 0 Å². The van der Waals surface area contributed by atoms with Crippen molar-refractivity contribution < 1.29 is 19.0 Å². The molecule has 0 aromatic heterocycles. The molecule has 148 valence electrons. The Balaban J connectivity index is 1.26. The van der Waals surface area contributed by atoms with Crippen LogP contribution >= 0.6 is 0 Å². The maximum Gasteiger partial charge on any atom is 0.237 e. The average Bonchev–Trinajstić information content (AvgIpc) is 3.25. The molecule has 1 aliphatic carbocycles. The number of nitrogens with zero attached hydrogens (tertiary/aromatic N) is 1. The molecular formula is C20H34N2O4. The standard InChI is InChI=1S/C20H34N2O4/c23-19(18-6-5-11-22(18)16-7-12-24-13-8-16)21-14-17-15-25-20(26-17)9-3-1-2-4-10-20/h16-18H,1-15H2,(H,21,23)/t17-,18+/m0/s1. The van der Waals surface area contributed by atoms with Crippen LogP contribution < -0.4 is 5.32 Å². The highest BCUT2D eigenvalue weighted by atomic mass is 16.7. The van der Waals surface area contributed by atoms with Gasteiger partial charge in [0, 0.05) is 38.6 Å². The van der Waals surface area contributed by atoms with Gasteiger partial charge in [0.1, 0.15) is 6.10 Å². The Morgan fingerprint density at radius 2 is 1.81 bits per heavy atom. The van der Waals surface area contributed by atoms with Crippen molar-refractivity contribution in [1.82, 2.24) is 10.2 Å². The number of hydrogen-bond acceptors (Lipinski definition) is 5. The second kappa shape index (κ2) is 8.55. The fourth-order valence-corrected chi connectivity index (χ4v) is 5.10. The van der Waals surface area contributed by atoms with E-state index in [1.807, 2.05) is 0 Å². The van der Waals surface area contributed by atoms with Crippen LogP contribution in [0.1, 0.15) is 64.2 Å². The van der Waals surface area contributed by atoms with Crippen molar-refractivity contribution in [1.29, 1.82) is 0 Å². The Kier molecular flexibility index (Phi) is 6.14. The summed E-state index contributed by atoms with van der Waals surface area (Å²) < 4.78 is 17.8. The number of nitrogens with one attached hydrogen (secondary N) is 1. The van der Waals surface area contributed by atoms with E-state index in [0.717, 1.165) is 58.3 Å². The Labute approximate surface area is 156 Å². The number of hydrogen-bond donors (Lipinski definition) is 1. The highest BCUT2D eigenvalue weighted by Crippen LogP contribution is 2.36. The number of carbonyl (C=O) groups is 1. The first kappa shape index (κ1) is 18.7. The third-order valence-electron chi connectivity index (χ3n) is 6.54. The third kappa shape index (κ3) is 4.24. The lowest BCUT2D eigenvalue weighted by Gasteiger charge is -2.34. The monoisotopic (exact) mass is 366 g/mol. The first-order valence-electron chi connectivity index (χ1n) is 10.7. The van der Waals surface area contributed by atoms with Crippen molar-refractivity contribution >= 4 is 5.91 Å². The molecule has 3 saturated heterocycles. The third-order valence-corrected chi connectivity index (χ3v) is 6.54. The summed E-state index contributed by atoms with van der Waals surface area (Å²) >= 11 is 0. The molecule has 4 rings (SSSR count). The van der Waals surface area contributed by atoms with Crippen molar-refractivity contribution in [3.8, 4) is 0 Å². The molecule has 1 amide bonds. The van der Waals surface area contributed by atoms with Gasteiger partial charge in [0.05, 0.1) is 12.6 Å². The van der Waals surface area contributed by atoms with E-state index in [2.05, 4.69) is 10.2 Å². The first-order valence-corrected chi connectivity index (χ1v) is 10.7. The van der Waals surface area contributed by atoms with E-state index < -0.39 is 0 Å². The minimum Gasteiger partial charge on any atom is -0.381 e. The zero-order valence-electron chi connectivity index (χ0n) is 15.9. The molecule has 3 aliphatic heterocycles. The molecule has 0 bridgehead atoms. The molecule has 2 atom stereocenters. The van der Waals surface area contributed by atoms with E-state index in [4.69, 9.17) is 14.2 Å². The first-order chi connectivity index (χ1) is 12.8. The minimum absolute atomic E-state index is 0.00464. The van der Waals surface area contributed by atoms with Crippen LogP contribution in [0, 0.1) is 0 Å². The van der Waals surface area contributed by atoms with Gasteiger partial charge in [-0.2, -0.15) is 0 Å². The van der Waals surface area contributed by atoms with Gasteiger partial charge >= 0.3 is 0 Å². The molecule has 4 aliphatic rings. The molecule has 0 aromatic carbocycles. The van der Waals surface area contributed by atoms with Crippen LogP contribution in [0.2, 0.25) is 0 Å². The average molecular weight is 367 g/mol. The summed E-state index contributed by atoms with van der Waals surface area (Å²) in [5.41, 5.74) is 0. The molecule has 0 radical (unpaired) electrons. The highest BCUT2D eigenvalue weighted by Gasteiger charge is 2.42. The van der Waals surface area contributed by atoms with Crippen LogP contribution in [0.3, 0.4) is 0 Å². The quantitative estimate of drug-likeness (QED) is 0.827. The van der Waals surface area contributed by atoms with Gasteiger partial charge in [0.15, 0.2) is 5.79 Å². The van der Waals surface area contributed by atoms with E-state index in [1.165, 1.54) is 25.7 Å². The van der Waals surface area contributed by atoms with Crippen molar-refractivity contribution in [3.63, 3.8) is 0 Å². The van der Waals surface area contributed by atoms with Crippen molar-refractivity contribution in [2.75, 3.05) is 32.9 Å². The second-order valence-corrected chi connectivity index (χ2v) is 8.36. The number of likely N-dealkylation sites (tertiary alicyclic amines) is 1. The summed E-state index contributed by atoms with van der Waals surface area (Å²) in [5.74, 6) is -0.202. The minimum atomic E-state index is -0.368. The Bertz CT molecular complexity index is 472. The number of carbonyl (C=O) groups excluding carboxylic acids is 1. The number of amides is 1. The molecule has 1 saturated carbocycles. The summed E-state index contributed by atoms with van der Waals surface area (Å²) in [6, 6.07) is 0.523. The molecule has 1 spiro atoms. The predicted octanol–water partition coefficient (Wildman–Crippen LogP) is 2.21. The Hall–Kier alpha value is -0.690. The molecular weight excluding hydrogens is 332 g/mol. The van der Waals surface area contributed by atoms with Gasteiger partial charge < -0.3 is 19.5 Å². The van der Waals surface area contributed by atoms with Gasteiger partial charge in [-0.15, -0.1) is 0 Å². The van der Waals surface area contributed by atoms with Crippen LogP contribution in [-0.2, 0) is 19.0 Å². The van der Waals surface area contributed by atoms with Crippen LogP contribution in [-0.4, -0.2) is 67.7 Å². The normalized spacial score (nSPS) is 33.4. The van der Waals surface area contributed by atoms with E-state index in [1.54, 1.807) is 0 Å². The molecule has 0 unspecified atom stereocenters. The van der Waals surface area contributed by atoms with Gasteiger partial charge in [-0.3, -0.25) is 9.69 Å². The molecule has 4 fully saturated rings. The Morgan fingerprint density at radius 1 is 1.04 bits per heavy atom. The molecule has 3 heterocycles. The Morgan fingerprint density at radius 3 is 2.58 bits per heavy atom. The van der Waals surface area contributed by atoms with Crippen molar-refractivity contribution in [2.24, 2.45) is 0 Å². The number of rotatable bonds is 4. The lowest BCUT2D eigenvalue weighted by atomic mass is 10.1. The van der Waals surface area contributed by atoms with Crippen molar-refractivity contribution in [2.45, 2.75) is 88.2 Å². The van der Waals surface area contributed by atoms with Crippen LogP contribution in [0.15, 0.2) is 0 Å².